The van der Waals surface area contributed by atoms with E-state index in [4.69, 9.17) is 32.7 Å². The number of anilines is 1. The highest BCUT2D eigenvalue weighted by Gasteiger charge is 2.11. The first-order chi connectivity index (χ1) is 11.5. The number of halogens is 3. The van der Waals surface area contributed by atoms with Gasteiger partial charge in [0.1, 0.15) is 0 Å². The Morgan fingerprint density at radius 2 is 1.83 bits per heavy atom. The van der Waals surface area contributed by atoms with Crippen LogP contribution in [-0.4, -0.2) is 25.1 Å². The fraction of sp³-hybridized carbons (Fsp3) is 0.125. The third-order valence-electron chi connectivity index (χ3n) is 2.75. The maximum Gasteiger partial charge on any atom is 0.344 e. The second-order valence-electron chi connectivity index (χ2n) is 4.55. The maximum atomic E-state index is 13.3. The number of rotatable bonds is 6. The average molecular weight is 372 g/mol. The van der Waals surface area contributed by atoms with Gasteiger partial charge in [0.05, 0.1) is 10.7 Å². The minimum absolute atomic E-state index is 0.0791. The number of benzene rings is 2. The zero-order chi connectivity index (χ0) is 17.5. The Hall–Kier alpha value is -2.31. The lowest BCUT2D eigenvalue weighted by Crippen LogP contribution is -2.23. The van der Waals surface area contributed by atoms with Gasteiger partial charge in [0, 0.05) is 5.02 Å². The minimum Gasteiger partial charge on any atom is -0.479 e. The molecule has 2 rings (SSSR count). The van der Waals surface area contributed by atoms with Crippen LogP contribution in [0.5, 0.6) is 5.75 Å². The molecule has 8 heteroatoms. The summed E-state index contributed by atoms with van der Waals surface area (Å²) in [5.41, 5.74) is 0.299. The first kappa shape index (κ1) is 18.0. The van der Waals surface area contributed by atoms with Crippen LogP contribution in [0.4, 0.5) is 10.1 Å². The van der Waals surface area contributed by atoms with Crippen LogP contribution in [0.25, 0.3) is 0 Å². The van der Waals surface area contributed by atoms with Gasteiger partial charge in [-0.3, -0.25) is 4.79 Å². The summed E-state index contributed by atoms with van der Waals surface area (Å²) in [6.07, 6.45) is 0. The van der Waals surface area contributed by atoms with Gasteiger partial charge in [-0.15, -0.1) is 0 Å². The molecule has 0 spiro atoms. The van der Waals surface area contributed by atoms with Crippen LogP contribution in [-0.2, 0) is 14.3 Å². The zero-order valence-electron chi connectivity index (χ0n) is 12.2. The van der Waals surface area contributed by atoms with Crippen molar-refractivity contribution in [1.29, 1.82) is 0 Å². The molecule has 0 aliphatic heterocycles. The fourth-order valence-electron chi connectivity index (χ4n) is 1.67. The number of amides is 1. The van der Waals surface area contributed by atoms with Crippen LogP contribution in [0.3, 0.4) is 0 Å². The van der Waals surface area contributed by atoms with Gasteiger partial charge in [-0.1, -0.05) is 35.3 Å². The third kappa shape index (κ3) is 5.40. The van der Waals surface area contributed by atoms with E-state index in [9.17, 15) is 14.0 Å². The van der Waals surface area contributed by atoms with Gasteiger partial charge < -0.3 is 14.8 Å². The smallest absolute Gasteiger partial charge is 0.344 e. The number of carbonyl (C=O) groups excluding carboxylic acids is 2. The number of hydrogen-bond donors (Lipinski definition) is 1. The predicted molar refractivity (Wildman–Crippen MR) is 87.9 cm³/mol. The van der Waals surface area contributed by atoms with Gasteiger partial charge in [-0.25, -0.2) is 9.18 Å². The summed E-state index contributed by atoms with van der Waals surface area (Å²) in [6.45, 7) is -1.06. The highest BCUT2D eigenvalue weighted by atomic mass is 35.5. The molecule has 0 aliphatic rings. The number of esters is 1. The van der Waals surface area contributed by atoms with Crippen molar-refractivity contribution < 1.29 is 23.5 Å². The SMILES string of the molecule is O=C(COC(=O)COc1ccccc1F)Nc1cc(Cl)ccc1Cl. The molecule has 0 aliphatic carbocycles. The lowest BCUT2D eigenvalue weighted by Gasteiger charge is -2.09. The summed E-state index contributed by atoms with van der Waals surface area (Å²) in [5, 5.41) is 3.14. The van der Waals surface area contributed by atoms with E-state index in [1.807, 2.05) is 0 Å². The van der Waals surface area contributed by atoms with E-state index in [0.717, 1.165) is 0 Å². The Balaban J connectivity index is 1.78. The number of nitrogens with one attached hydrogen (secondary N) is 1. The first-order valence-corrected chi connectivity index (χ1v) is 7.49. The molecule has 0 saturated heterocycles. The van der Waals surface area contributed by atoms with Crippen molar-refractivity contribution in [3.05, 3.63) is 58.3 Å². The van der Waals surface area contributed by atoms with Crippen molar-refractivity contribution in [2.45, 2.75) is 0 Å². The molecular formula is C16H12Cl2FNO4. The van der Waals surface area contributed by atoms with Gasteiger partial charge in [-0.05, 0) is 30.3 Å². The molecule has 0 unspecified atom stereocenters. The summed E-state index contributed by atoms with van der Waals surface area (Å²) >= 11 is 11.7. The Kier molecular flexibility index (Phi) is 6.40. The molecule has 0 bridgehead atoms. The summed E-state index contributed by atoms with van der Waals surface area (Å²) < 4.78 is 23.0. The highest BCUT2D eigenvalue weighted by Crippen LogP contribution is 2.25. The Bertz CT molecular complexity index is 755. The van der Waals surface area contributed by atoms with Crippen molar-refractivity contribution in [2.75, 3.05) is 18.5 Å². The Morgan fingerprint density at radius 3 is 2.58 bits per heavy atom. The molecule has 1 N–H and O–H groups in total. The van der Waals surface area contributed by atoms with Crippen LogP contribution in [0.2, 0.25) is 10.0 Å². The van der Waals surface area contributed by atoms with Crippen molar-refractivity contribution in [1.82, 2.24) is 0 Å². The van der Waals surface area contributed by atoms with Crippen LogP contribution in [0.15, 0.2) is 42.5 Å². The van der Waals surface area contributed by atoms with Crippen molar-refractivity contribution in [2.24, 2.45) is 0 Å². The van der Waals surface area contributed by atoms with E-state index < -0.39 is 30.9 Å². The van der Waals surface area contributed by atoms with E-state index in [-0.39, 0.29) is 5.75 Å². The molecule has 2 aromatic rings. The molecule has 5 nitrogen and oxygen atoms in total. The number of para-hydroxylation sites is 1. The Morgan fingerprint density at radius 1 is 1.08 bits per heavy atom. The molecule has 0 aromatic heterocycles. The van der Waals surface area contributed by atoms with Gasteiger partial charge in [0.2, 0.25) is 0 Å². The molecule has 0 radical (unpaired) electrons. The first-order valence-electron chi connectivity index (χ1n) is 6.73. The molecule has 126 valence electrons. The number of carbonyl (C=O) groups is 2. The lowest BCUT2D eigenvalue weighted by molar-refractivity contribution is -0.149. The van der Waals surface area contributed by atoms with E-state index in [1.54, 1.807) is 12.1 Å². The average Bonchev–Trinajstić information content (AvgIpc) is 2.55. The van der Waals surface area contributed by atoms with Gasteiger partial charge in [0.15, 0.2) is 24.8 Å². The van der Waals surface area contributed by atoms with Crippen LogP contribution >= 0.6 is 23.2 Å². The molecule has 1 amide bonds. The topological polar surface area (TPSA) is 64.6 Å². The van der Waals surface area contributed by atoms with Crippen LogP contribution < -0.4 is 10.1 Å². The molecule has 2 aromatic carbocycles. The van der Waals surface area contributed by atoms with Gasteiger partial charge in [-0.2, -0.15) is 0 Å². The Labute approximate surface area is 147 Å². The van der Waals surface area contributed by atoms with E-state index in [0.29, 0.717) is 15.7 Å². The lowest BCUT2D eigenvalue weighted by atomic mass is 10.3. The maximum absolute atomic E-state index is 13.3. The molecule has 0 heterocycles. The fourth-order valence-corrected chi connectivity index (χ4v) is 2.00. The summed E-state index contributed by atoms with van der Waals surface area (Å²) in [4.78, 5) is 23.2. The summed E-state index contributed by atoms with van der Waals surface area (Å²) in [5.74, 6) is -2.09. The van der Waals surface area contributed by atoms with Crippen molar-refractivity contribution >= 4 is 40.8 Å². The zero-order valence-corrected chi connectivity index (χ0v) is 13.7. The minimum atomic E-state index is -0.814. The van der Waals surface area contributed by atoms with E-state index in [2.05, 4.69) is 5.32 Å². The number of ether oxygens (including phenoxy) is 2. The number of hydrogen-bond acceptors (Lipinski definition) is 4. The largest absolute Gasteiger partial charge is 0.479 e. The molecule has 24 heavy (non-hydrogen) atoms. The predicted octanol–water partition coefficient (Wildman–Crippen LogP) is 3.69. The third-order valence-corrected chi connectivity index (χ3v) is 3.31. The second kappa shape index (κ2) is 8.52. The van der Waals surface area contributed by atoms with Crippen molar-refractivity contribution in [3.63, 3.8) is 0 Å². The van der Waals surface area contributed by atoms with Crippen molar-refractivity contribution in [3.8, 4) is 5.75 Å². The molecule has 0 saturated carbocycles. The molecule has 0 atom stereocenters. The van der Waals surface area contributed by atoms with Gasteiger partial charge >= 0.3 is 5.97 Å². The normalized spacial score (nSPS) is 10.1. The highest BCUT2D eigenvalue weighted by molar-refractivity contribution is 6.35. The quantitative estimate of drug-likeness (QED) is 0.786. The standard InChI is InChI=1S/C16H12Cl2FNO4/c17-10-5-6-11(18)13(7-10)20-15(21)8-24-16(22)9-23-14-4-2-1-3-12(14)19/h1-7H,8-9H2,(H,20,21). The summed E-state index contributed by atoms with van der Waals surface area (Å²) in [7, 11) is 0. The van der Waals surface area contributed by atoms with Gasteiger partial charge in [0.25, 0.3) is 5.91 Å². The van der Waals surface area contributed by atoms with Crippen LogP contribution in [0.1, 0.15) is 0 Å². The molecule has 0 fully saturated rings. The monoisotopic (exact) mass is 371 g/mol. The molecular weight excluding hydrogens is 360 g/mol. The van der Waals surface area contributed by atoms with E-state index in [1.165, 1.54) is 30.3 Å². The van der Waals surface area contributed by atoms with Crippen LogP contribution in [0, 0.1) is 5.82 Å². The van der Waals surface area contributed by atoms with E-state index >= 15 is 0 Å². The second-order valence-corrected chi connectivity index (χ2v) is 5.40. The summed E-state index contributed by atoms with van der Waals surface area (Å²) in [6, 6.07) is 10.2.